The van der Waals surface area contributed by atoms with Crippen molar-refractivity contribution >= 4 is 23.1 Å². The molecule has 0 radical (unpaired) electrons. The SMILES string of the molecule is CN(CC(F)(F)F)C(=O)Nc1cccc(OCc2cscn2)c1. The molecule has 1 aromatic carbocycles. The van der Waals surface area contributed by atoms with Crippen molar-refractivity contribution < 1.29 is 22.7 Å². The van der Waals surface area contributed by atoms with Gasteiger partial charge in [0.15, 0.2) is 0 Å². The van der Waals surface area contributed by atoms with Gasteiger partial charge in [-0.15, -0.1) is 11.3 Å². The van der Waals surface area contributed by atoms with Crippen molar-refractivity contribution in [3.63, 3.8) is 0 Å². The molecule has 0 fully saturated rings. The topological polar surface area (TPSA) is 54.5 Å². The second kappa shape index (κ2) is 7.32. The van der Waals surface area contributed by atoms with Crippen molar-refractivity contribution in [1.29, 1.82) is 0 Å². The number of carbonyl (C=O) groups excluding carboxylic acids is 1. The monoisotopic (exact) mass is 345 g/mol. The summed E-state index contributed by atoms with van der Waals surface area (Å²) < 4.78 is 42.3. The number of thiazole rings is 1. The molecule has 1 aromatic heterocycles. The molecule has 2 amide bonds. The fourth-order valence-corrected chi connectivity index (χ4v) is 2.23. The van der Waals surface area contributed by atoms with Crippen molar-refractivity contribution in [2.24, 2.45) is 0 Å². The highest BCUT2D eigenvalue weighted by Gasteiger charge is 2.31. The molecule has 0 aliphatic carbocycles. The van der Waals surface area contributed by atoms with E-state index in [9.17, 15) is 18.0 Å². The average Bonchev–Trinajstić information content (AvgIpc) is 2.97. The molecule has 1 N–H and O–H groups in total. The number of carbonyl (C=O) groups is 1. The lowest BCUT2D eigenvalue weighted by atomic mass is 10.3. The van der Waals surface area contributed by atoms with E-state index < -0.39 is 18.8 Å². The Balaban J connectivity index is 1.92. The number of urea groups is 1. The smallest absolute Gasteiger partial charge is 0.406 e. The van der Waals surface area contributed by atoms with Crippen LogP contribution in [0.5, 0.6) is 5.75 Å². The molecule has 0 aliphatic heterocycles. The van der Waals surface area contributed by atoms with Gasteiger partial charge in [-0.1, -0.05) is 6.07 Å². The Bertz CT molecular complexity index is 647. The van der Waals surface area contributed by atoms with Gasteiger partial charge in [-0.05, 0) is 12.1 Å². The van der Waals surface area contributed by atoms with Gasteiger partial charge in [-0.2, -0.15) is 13.2 Å². The number of nitrogens with zero attached hydrogens (tertiary/aromatic N) is 2. The number of benzene rings is 1. The molecular weight excluding hydrogens is 331 g/mol. The molecule has 1 heterocycles. The fourth-order valence-electron chi connectivity index (χ4n) is 1.69. The quantitative estimate of drug-likeness (QED) is 0.898. The van der Waals surface area contributed by atoms with E-state index in [1.165, 1.54) is 17.4 Å². The van der Waals surface area contributed by atoms with E-state index in [2.05, 4.69) is 10.3 Å². The summed E-state index contributed by atoms with van der Waals surface area (Å²) in [6, 6.07) is 5.57. The molecule has 0 unspecified atom stereocenters. The van der Waals surface area contributed by atoms with Crippen LogP contribution in [0.2, 0.25) is 0 Å². The van der Waals surface area contributed by atoms with E-state index in [0.29, 0.717) is 16.3 Å². The number of anilines is 1. The summed E-state index contributed by atoms with van der Waals surface area (Å²) >= 11 is 1.45. The highest BCUT2D eigenvalue weighted by atomic mass is 32.1. The highest BCUT2D eigenvalue weighted by molar-refractivity contribution is 7.07. The summed E-state index contributed by atoms with van der Waals surface area (Å²) in [7, 11) is 1.07. The number of nitrogens with one attached hydrogen (secondary N) is 1. The minimum Gasteiger partial charge on any atom is -0.487 e. The Morgan fingerprint density at radius 1 is 1.43 bits per heavy atom. The van der Waals surface area contributed by atoms with Crippen LogP contribution in [-0.2, 0) is 6.61 Å². The Morgan fingerprint density at radius 3 is 2.87 bits per heavy atom. The fraction of sp³-hybridized carbons (Fsp3) is 0.286. The van der Waals surface area contributed by atoms with Crippen molar-refractivity contribution in [3.05, 3.63) is 40.8 Å². The van der Waals surface area contributed by atoms with Crippen LogP contribution in [0, 0.1) is 0 Å². The largest absolute Gasteiger partial charge is 0.487 e. The van der Waals surface area contributed by atoms with Crippen LogP contribution in [0.4, 0.5) is 23.7 Å². The summed E-state index contributed by atoms with van der Waals surface area (Å²) in [4.78, 5) is 16.3. The molecule has 0 saturated heterocycles. The van der Waals surface area contributed by atoms with Crippen molar-refractivity contribution in [1.82, 2.24) is 9.88 Å². The zero-order valence-electron chi connectivity index (χ0n) is 12.1. The maximum atomic E-state index is 12.3. The van der Waals surface area contributed by atoms with Crippen molar-refractivity contribution in [2.45, 2.75) is 12.8 Å². The van der Waals surface area contributed by atoms with E-state index in [4.69, 9.17) is 4.74 Å². The van der Waals surface area contributed by atoms with Gasteiger partial charge in [-0.25, -0.2) is 9.78 Å². The normalized spacial score (nSPS) is 11.1. The standard InChI is InChI=1S/C14H14F3N3O2S/c1-20(8-14(15,16)17)13(21)19-10-3-2-4-12(5-10)22-6-11-7-23-9-18-11/h2-5,7,9H,6,8H2,1H3,(H,19,21). The predicted molar refractivity (Wildman–Crippen MR) is 80.6 cm³/mol. The molecule has 124 valence electrons. The lowest BCUT2D eigenvalue weighted by Gasteiger charge is -2.19. The maximum absolute atomic E-state index is 12.3. The number of aromatic nitrogens is 1. The van der Waals surface area contributed by atoms with Crippen LogP contribution in [-0.4, -0.2) is 35.7 Å². The number of alkyl halides is 3. The number of rotatable bonds is 5. The van der Waals surface area contributed by atoms with Gasteiger partial charge < -0.3 is 15.0 Å². The summed E-state index contributed by atoms with van der Waals surface area (Å²) in [6.07, 6.45) is -4.44. The number of amides is 2. The van der Waals surface area contributed by atoms with E-state index in [1.54, 1.807) is 23.7 Å². The Hall–Kier alpha value is -2.29. The number of ether oxygens (including phenoxy) is 1. The first kappa shape index (κ1) is 17.1. The van der Waals surface area contributed by atoms with E-state index in [0.717, 1.165) is 12.7 Å². The molecule has 0 atom stereocenters. The first-order valence-corrected chi connectivity index (χ1v) is 7.46. The van der Waals surface area contributed by atoms with Crippen molar-refractivity contribution in [2.75, 3.05) is 18.9 Å². The molecule has 0 bridgehead atoms. The van der Waals surface area contributed by atoms with Gasteiger partial charge in [0.2, 0.25) is 0 Å². The van der Waals surface area contributed by atoms with Gasteiger partial charge in [0.25, 0.3) is 0 Å². The van der Waals surface area contributed by atoms with Gasteiger partial charge in [0.1, 0.15) is 18.9 Å². The Labute approximate surface area is 134 Å². The van der Waals surface area contributed by atoms with Gasteiger partial charge >= 0.3 is 12.2 Å². The van der Waals surface area contributed by atoms with Crippen LogP contribution < -0.4 is 10.1 Å². The van der Waals surface area contributed by atoms with Crippen LogP contribution in [0.25, 0.3) is 0 Å². The van der Waals surface area contributed by atoms with E-state index in [-0.39, 0.29) is 6.61 Å². The summed E-state index contributed by atoms with van der Waals surface area (Å²) in [5.74, 6) is 0.481. The molecule has 2 rings (SSSR count). The average molecular weight is 345 g/mol. The van der Waals surface area contributed by atoms with Crippen molar-refractivity contribution in [3.8, 4) is 5.75 Å². The first-order valence-electron chi connectivity index (χ1n) is 6.52. The molecule has 0 saturated carbocycles. The molecular formula is C14H14F3N3O2S. The first-order chi connectivity index (χ1) is 10.8. The maximum Gasteiger partial charge on any atom is 0.406 e. The third-order valence-electron chi connectivity index (χ3n) is 2.72. The molecule has 0 spiro atoms. The molecule has 5 nitrogen and oxygen atoms in total. The lowest BCUT2D eigenvalue weighted by Crippen LogP contribution is -2.38. The second-order valence-corrected chi connectivity index (χ2v) is 5.42. The van der Waals surface area contributed by atoms with Crippen LogP contribution in [0.15, 0.2) is 35.2 Å². The lowest BCUT2D eigenvalue weighted by molar-refractivity contribution is -0.137. The van der Waals surface area contributed by atoms with E-state index in [1.807, 2.05) is 5.38 Å². The molecule has 2 aromatic rings. The Morgan fingerprint density at radius 2 is 2.22 bits per heavy atom. The van der Waals surface area contributed by atoms with E-state index >= 15 is 0 Å². The highest BCUT2D eigenvalue weighted by Crippen LogP contribution is 2.20. The third-order valence-corrected chi connectivity index (χ3v) is 3.35. The zero-order valence-corrected chi connectivity index (χ0v) is 12.9. The summed E-state index contributed by atoms with van der Waals surface area (Å²) in [5.41, 5.74) is 2.81. The number of halogens is 3. The van der Waals surface area contributed by atoms with Gasteiger partial charge in [0.05, 0.1) is 11.2 Å². The summed E-state index contributed by atoms with van der Waals surface area (Å²) in [6.45, 7) is -1.05. The number of hydrogen-bond acceptors (Lipinski definition) is 4. The second-order valence-electron chi connectivity index (χ2n) is 4.70. The molecule has 0 aliphatic rings. The van der Waals surface area contributed by atoms with Crippen LogP contribution in [0.3, 0.4) is 0 Å². The minimum absolute atomic E-state index is 0.273. The van der Waals surface area contributed by atoms with Crippen LogP contribution >= 0.6 is 11.3 Å². The zero-order chi connectivity index (χ0) is 16.9. The molecule has 23 heavy (non-hydrogen) atoms. The minimum atomic E-state index is -4.44. The summed E-state index contributed by atoms with van der Waals surface area (Å²) in [5, 5.41) is 4.24. The van der Waals surface area contributed by atoms with Crippen LogP contribution in [0.1, 0.15) is 5.69 Å². The Kier molecular flexibility index (Phi) is 5.43. The van der Waals surface area contributed by atoms with Gasteiger partial charge in [-0.3, -0.25) is 0 Å². The predicted octanol–water partition coefficient (Wildman–Crippen LogP) is 3.75. The molecule has 9 heteroatoms. The van der Waals surface area contributed by atoms with Gasteiger partial charge in [0, 0.05) is 24.2 Å². The third kappa shape index (κ3) is 5.78. The number of hydrogen-bond donors (Lipinski definition) is 1.